The molecular weight excluding hydrogens is 376 g/mol. The van der Waals surface area contributed by atoms with Gasteiger partial charge >= 0.3 is 0 Å². The van der Waals surface area contributed by atoms with Crippen LogP contribution in [0.1, 0.15) is 24.0 Å². The molecule has 0 atom stereocenters. The van der Waals surface area contributed by atoms with E-state index in [1.807, 2.05) is 17.0 Å². The number of carbonyl (C=O) groups excluding carboxylic acids is 1. The number of amides is 1. The third kappa shape index (κ3) is 5.68. The van der Waals surface area contributed by atoms with Crippen molar-refractivity contribution in [1.29, 1.82) is 0 Å². The van der Waals surface area contributed by atoms with Gasteiger partial charge in [0.25, 0.3) is 0 Å². The number of hydrogen-bond acceptors (Lipinski definition) is 2. The maximum atomic E-state index is 12.6. The molecule has 3 nitrogen and oxygen atoms in total. The summed E-state index contributed by atoms with van der Waals surface area (Å²) in [5, 5.41) is 0. The molecule has 0 N–H and O–H groups in total. The lowest BCUT2D eigenvalue weighted by Crippen LogP contribution is -2.35. The van der Waals surface area contributed by atoms with E-state index in [-0.39, 0.29) is 5.91 Å². The van der Waals surface area contributed by atoms with Crippen LogP contribution in [-0.2, 0) is 17.8 Å². The van der Waals surface area contributed by atoms with E-state index in [1.165, 1.54) is 11.1 Å². The summed E-state index contributed by atoms with van der Waals surface area (Å²) >= 11 is 3.49. The standard InChI is InChI=1S/C21H25BrN2O/c22-20-9-4-8-18(16-20)10-11-21(25)24-13-5-12-23(14-15-24)17-19-6-2-1-3-7-19/h1-4,6-9,16H,5,10-15,17H2. The molecule has 1 aliphatic heterocycles. The summed E-state index contributed by atoms with van der Waals surface area (Å²) in [6.45, 7) is 4.70. The number of halogens is 1. The zero-order valence-corrected chi connectivity index (χ0v) is 16.1. The maximum absolute atomic E-state index is 12.6. The smallest absolute Gasteiger partial charge is 0.222 e. The van der Waals surface area contributed by atoms with Crippen molar-refractivity contribution >= 4 is 21.8 Å². The van der Waals surface area contributed by atoms with Gasteiger partial charge < -0.3 is 4.90 Å². The number of aryl methyl sites for hydroxylation is 1. The van der Waals surface area contributed by atoms with E-state index in [9.17, 15) is 4.79 Å². The summed E-state index contributed by atoms with van der Waals surface area (Å²) in [7, 11) is 0. The van der Waals surface area contributed by atoms with E-state index in [2.05, 4.69) is 63.3 Å². The van der Waals surface area contributed by atoms with Gasteiger partial charge in [-0.25, -0.2) is 0 Å². The Bertz CT molecular complexity index is 689. The van der Waals surface area contributed by atoms with Crippen LogP contribution in [0, 0.1) is 0 Å². The summed E-state index contributed by atoms with van der Waals surface area (Å²) in [6.07, 6.45) is 2.45. The van der Waals surface area contributed by atoms with Crippen molar-refractivity contribution in [3.63, 3.8) is 0 Å². The quantitative estimate of drug-likeness (QED) is 0.753. The van der Waals surface area contributed by atoms with E-state index in [4.69, 9.17) is 0 Å². The minimum absolute atomic E-state index is 0.279. The van der Waals surface area contributed by atoms with Crippen LogP contribution in [0.25, 0.3) is 0 Å². The molecule has 2 aromatic carbocycles. The topological polar surface area (TPSA) is 23.6 Å². The fourth-order valence-corrected chi connectivity index (χ4v) is 3.77. The summed E-state index contributed by atoms with van der Waals surface area (Å²) in [4.78, 5) is 17.1. The van der Waals surface area contributed by atoms with Gasteiger partial charge in [-0.3, -0.25) is 9.69 Å². The van der Waals surface area contributed by atoms with E-state index < -0.39 is 0 Å². The normalized spacial score (nSPS) is 15.8. The molecule has 0 aromatic heterocycles. The Labute approximate surface area is 158 Å². The van der Waals surface area contributed by atoms with Crippen LogP contribution in [0.4, 0.5) is 0 Å². The molecule has 0 unspecified atom stereocenters. The fourth-order valence-electron chi connectivity index (χ4n) is 3.32. The lowest BCUT2D eigenvalue weighted by Gasteiger charge is -2.22. The SMILES string of the molecule is O=C(CCc1cccc(Br)c1)N1CCCN(Cc2ccccc2)CC1. The second-order valence-electron chi connectivity index (χ2n) is 6.63. The van der Waals surface area contributed by atoms with Gasteiger partial charge in [0.05, 0.1) is 0 Å². The largest absolute Gasteiger partial charge is 0.341 e. The molecule has 3 rings (SSSR count). The predicted molar refractivity (Wildman–Crippen MR) is 105 cm³/mol. The van der Waals surface area contributed by atoms with E-state index in [0.717, 1.165) is 50.0 Å². The molecule has 4 heteroatoms. The Hall–Kier alpha value is -1.65. The van der Waals surface area contributed by atoms with Crippen molar-refractivity contribution in [1.82, 2.24) is 9.80 Å². The van der Waals surface area contributed by atoms with Crippen LogP contribution >= 0.6 is 15.9 Å². The van der Waals surface area contributed by atoms with Crippen molar-refractivity contribution in [2.75, 3.05) is 26.2 Å². The molecule has 1 amide bonds. The maximum Gasteiger partial charge on any atom is 0.222 e. The van der Waals surface area contributed by atoms with Crippen molar-refractivity contribution in [3.05, 3.63) is 70.2 Å². The highest BCUT2D eigenvalue weighted by atomic mass is 79.9. The van der Waals surface area contributed by atoms with E-state index >= 15 is 0 Å². The fraction of sp³-hybridized carbons (Fsp3) is 0.381. The van der Waals surface area contributed by atoms with Crippen LogP contribution in [0.3, 0.4) is 0 Å². The first kappa shape index (κ1) is 18.2. The van der Waals surface area contributed by atoms with Gasteiger partial charge in [-0.2, -0.15) is 0 Å². The van der Waals surface area contributed by atoms with Crippen LogP contribution in [0.2, 0.25) is 0 Å². The molecule has 1 heterocycles. The Balaban J connectivity index is 1.48. The highest BCUT2D eigenvalue weighted by Crippen LogP contribution is 2.14. The highest BCUT2D eigenvalue weighted by molar-refractivity contribution is 9.10. The molecule has 0 aliphatic carbocycles. The molecular formula is C21H25BrN2O. The molecule has 0 bridgehead atoms. The zero-order chi connectivity index (χ0) is 17.5. The Morgan fingerprint density at radius 3 is 2.52 bits per heavy atom. The monoisotopic (exact) mass is 400 g/mol. The first-order chi connectivity index (χ1) is 12.2. The number of nitrogens with zero attached hydrogens (tertiary/aromatic N) is 2. The van der Waals surface area contributed by atoms with E-state index in [0.29, 0.717) is 6.42 Å². The molecule has 0 saturated carbocycles. The van der Waals surface area contributed by atoms with Gasteiger partial charge in [-0.15, -0.1) is 0 Å². The van der Waals surface area contributed by atoms with Crippen molar-refractivity contribution in [2.45, 2.75) is 25.8 Å². The Morgan fingerprint density at radius 2 is 1.72 bits per heavy atom. The van der Waals surface area contributed by atoms with Gasteiger partial charge in [0, 0.05) is 43.6 Å². The third-order valence-electron chi connectivity index (χ3n) is 4.71. The minimum atomic E-state index is 0.279. The van der Waals surface area contributed by atoms with Crippen molar-refractivity contribution in [3.8, 4) is 0 Å². The first-order valence-corrected chi connectivity index (χ1v) is 9.78. The molecule has 132 valence electrons. The lowest BCUT2D eigenvalue weighted by atomic mass is 10.1. The van der Waals surface area contributed by atoms with E-state index in [1.54, 1.807) is 0 Å². The first-order valence-electron chi connectivity index (χ1n) is 8.99. The highest BCUT2D eigenvalue weighted by Gasteiger charge is 2.19. The summed E-state index contributed by atoms with van der Waals surface area (Å²) in [6, 6.07) is 18.8. The van der Waals surface area contributed by atoms with Gasteiger partial charge in [0.1, 0.15) is 0 Å². The second-order valence-corrected chi connectivity index (χ2v) is 7.54. The van der Waals surface area contributed by atoms with Crippen LogP contribution < -0.4 is 0 Å². The minimum Gasteiger partial charge on any atom is -0.341 e. The Kier molecular flexibility index (Phi) is 6.65. The molecule has 1 fully saturated rings. The van der Waals surface area contributed by atoms with Crippen molar-refractivity contribution in [2.24, 2.45) is 0 Å². The average molecular weight is 401 g/mol. The summed E-state index contributed by atoms with van der Waals surface area (Å²) < 4.78 is 1.07. The second kappa shape index (κ2) is 9.16. The lowest BCUT2D eigenvalue weighted by molar-refractivity contribution is -0.131. The number of carbonyl (C=O) groups is 1. The number of rotatable bonds is 5. The van der Waals surface area contributed by atoms with Gasteiger partial charge in [-0.05, 0) is 36.1 Å². The van der Waals surface area contributed by atoms with Crippen LogP contribution in [0.5, 0.6) is 0 Å². The predicted octanol–water partition coefficient (Wildman–Crippen LogP) is 4.12. The molecule has 0 radical (unpaired) electrons. The molecule has 0 spiro atoms. The molecule has 1 saturated heterocycles. The van der Waals surface area contributed by atoms with Gasteiger partial charge in [0.15, 0.2) is 0 Å². The third-order valence-corrected chi connectivity index (χ3v) is 5.20. The molecule has 2 aromatic rings. The van der Waals surface area contributed by atoms with Crippen LogP contribution in [0.15, 0.2) is 59.1 Å². The van der Waals surface area contributed by atoms with Crippen LogP contribution in [-0.4, -0.2) is 41.9 Å². The summed E-state index contributed by atoms with van der Waals surface area (Å²) in [5.41, 5.74) is 2.56. The Morgan fingerprint density at radius 1 is 0.920 bits per heavy atom. The van der Waals surface area contributed by atoms with Gasteiger partial charge in [-0.1, -0.05) is 58.4 Å². The summed E-state index contributed by atoms with van der Waals surface area (Å²) in [5.74, 6) is 0.279. The zero-order valence-electron chi connectivity index (χ0n) is 14.5. The molecule has 1 aliphatic rings. The average Bonchev–Trinajstić information content (AvgIpc) is 2.86. The van der Waals surface area contributed by atoms with Crippen molar-refractivity contribution < 1.29 is 4.79 Å². The number of hydrogen-bond donors (Lipinski definition) is 0. The molecule has 25 heavy (non-hydrogen) atoms. The van der Waals surface area contributed by atoms with Gasteiger partial charge in [0.2, 0.25) is 5.91 Å². The number of benzene rings is 2.